The molecule has 0 heterocycles. The molecule has 5 heteroatoms. The first-order valence-electron chi connectivity index (χ1n) is 6.69. The third-order valence-electron chi connectivity index (χ3n) is 3.17. The Morgan fingerprint density at radius 2 is 2.05 bits per heavy atom. The van der Waals surface area contributed by atoms with Crippen molar-refractivity contribution in [2.45, 2.75) is 26.5 Å². The maximum Gasteiger partial charge on any atom is 0.269 e. The van der Waals surface area contributed by atoms with Crippen molar-refractivity contribution in [2.24, 2.45) is 5.73 Å². The van der Waals surface area contributed by atoms with E-state index in [0.717, 1.165) is 16.7 Å². The fourth-order valence-electron chi connectivity index (χ4n) is 2.08. The SMILES string of the molecule is Cc1ccc(OCc2cccc([N+](=O)[O-])c2)c([C@H](C)N)c1. The van der Waals surface area contributed by atoms with Crippen LogP contribution >= 0.6 is 0 Å². The van der Waals surface area contributed by atoms with Crippen molar-refractivity contribution in [1.82, 2.24) is 0 Å². The molecule has 0 saturated heterocycles. The zero-order valence-corrected chi connectivity index (χ0v) is 12.1. The number of non-ortho nitro benzene ring substituents is 1. The third kappa shape index (κ3) is 3.79. The zero-order chi connectivity index (χ0) is 15.4. The summed E-state index contributed by atoms with van der Waals surface area (Å²) in [6.07, 6.45) is 0. The van der Waals surface area contributed by atoms with Crippen LogP contribution in [0.2, 0.25) is 0 Å². The molecule has 0 aliphatic heterocycles. The summed E-state index contributed by atoms with van der Waals surface area (Å²) in [7, 11) is 0. The van der Waals surface area contributed by atoms with E-state index in [2.05, 4.69) is 0 Å². The van der Waals surface area contributed by atoms with Crippen molar-refractivity contribution < 1.29 is 9.66 Å². The van der Waals surface area contributed by atoms with E-state index in [-0.39, 0.29) is 18.3 Å². The number of nitrogens with zero attached hydrogens (tertiary/aromatic N) is 1. The molecule has 0 radical (unpaired) electrons. The maximum atomic E-state index is 10.8. The molecule has 2 N–H and O–H groups in total. The average Bonchev–Trinajstić information content (AvgIpc) is 2.46. The van der Waals surface area contributed by atoms with Gasteiger partial charge in [0.2, 0.25) is 0 Å². The summed E-state index contributed by atoms with van der Waals surface area (Å²) in [4.78, 5) is 10.3. The number of hydrogen-bond donors (Lipinski definition) is 1. The molecule has 0 aliphatic carbocycles. The number of nitro groups is 1. The number of aryl methyl sites for hydroxylation is 1. The van der Waals surface area contributed by atoms with E-state index in [1.165, 1.54) is 12.1 Å². The summed E-state index contributed by atoms with van der Waals surface area (Å²) in [5, 5.41) is 10.8. The minimum Gasteiger partial charge on any atom is -0.489 e. The van der Waals surface area contributed by atoms with Crippen LogP contribution in [0.5, 0.6) is 5.75 Å². The fourth-order valence-corrected chi connectivity index (χ4v) is 2.08. The second-order valence-electron chi connectivity index (χ2n) is 5.05. The molecule has 2 rings (SSSR count). The van der Waals surface area contributed by atoms with Gasteiger partial charge in [-0.05, 0) is 25.5 Å². The molecule has 0 aliphatic rings. The van der Waals surface area contributed by atoms with E-state index in [0.29, 0.717) is 5.75 Å². The standard InChI is InChI=1S/C16H18N2O3/c1-11-6-7-16(15(8-11)12(2)17)21-10-13-4-3-5-14(9-13)18(19)20/h3-9,12H,10,17H2,1-2H3/t12-/m0/s1. The van der Waals surface area contributed by atoms with Gasteiger partial charge in [-0.25, -0.2) is 0 Å². The first-order chi connectivity index (χ1) is 9.97. The van der Waals surface area contributed by atoms with E-state index in [1.807, 2.05) is 32.0 Å². The van der Waals surface area contributed by atoms with Crippen LogP contribution in [-0.2, 0) is 6.61 Å². The Labute approximate surface area is 123 Å². The first-order valence-corrected chi connectivity index (χ1v) is 6.69. The van der Waals surface area contributed by atoms with Crippen molar-refractivity contribution in [2.75, 3.05) is 0 Å². The van der Waals surface area contributed by atoms with Gasteiger partial charge in [0.15, 0.2) is 0 Å². The van der Waals surface area contributed by atoms with Gasteiger partial charge in [-0.15, -0.1) is 0 Å². The van der Waals surface area contributed by atoms with Gasteiger partial charge in [0.25, 0.3) is 5.69 Å². The van der Waals surface area contributed by atoms with Crippen LogP contribution in [-0.4, -0.2) is 4.92 Å². The summed E-state index contributed by atoms with van der Waals surface area (Å²) in [5.74, 6) is 0.710. The predicted molar refractivity (Wildman–Crippen MR) is 81.2 cm³/mol. The Bertz CT molecular complexity index is 654. The molecular formula is C16H18N2O3. The van der Waals surface area contributed by atoms with Crippen LogP contribution in [0.1, 0.15) is 29.7 Å². The number of nitrogens with two attached hydrogens (primary N) is 1. The van der Waals surface area contributed by atoms with Crippen LogP contribution < -0.4 is 10.5 Å². The highest BCUT2D eigenvalue weighted by molar-refractivity contribution is 5.39. The number of nitro benzene ring substituents is 1. The minimum atomic E-state index is -0.414. The van der Waals surface area contributed by atoms with Crippen LogP contribution in [0.4, 0.5) is 5.69 Å². The highest BCUT2D eigenvalue weighted by Crippen LogP contribution is 2.26. The number of hydrogen-bond acceptors (Lipinski definition) is 4. The van der Waals surface area contributed by atoms with Crippen molar-refractivity contribution in [3.8, 4) is 5.75 Å². The molecule has 21 heavy (non-hydrogen) atoms. The van der Waals surface area contributed by atoms with E-state index >= 15 is 0 Å². The summed E-state index contributed by atoms with van der Waals surface area (Å²) < 4.78 is 5.77. The number of ether oxygens (including phenoxy) is 1. The Kier molecular flexibility index (Phi) is 4.55. The van der Waals surface area contributed by atoms with Crippen LogP contribution in [0.15, 0.2) is 42.5 Å². The zero-order valence-electron chi connectivity index (χ0n) is 12.1. The summed E-state index contributed by atoms with van der Waals surface area (Å²) in [6.45, 7) is 4.16. The number of rotatable bonds is 5. The molecule has 5 nitrogen and oxygen atoms in total. The molecule has 0 saturated carbocycles. The van der Waals surface area contributed by atoms with Gasteiger partial charge in [-0.1, -0.05) is 29.8 Å². The smallest absolute Gasteiger partial charge is 0.269 e. The quantitative estimate of drug-likeness (QED) is 0.674. The molecule has 110 valence electrons. The maximum absolute atomic E-state index is 10.8. The van der Waals surface area contributed by atoms with Gasteiger partial charge in [-0.3, -0.25) is 10.1 Å². The molecule has 0 spiro atoms. The summed E-state index contributed by atoms with van der Waals surface area (Å²) in [6, 6.07) is 12.1. The second kappa shape index (κ2) is 6.37. The van der Waals surface area contributed by atoms with E-state index in [9.17, 15) is 10.1 Å². The lowest BCUT2D eigenvalue weighted by Crippen LogP contribution is -2.08. The average molecular weight is 286 g/mol. The Morgan fingerprint density at radius 1 is 1.29 bits per heavy atom. The minimum absolute atomic E-state index is 0.0624. The molecule has 0 aromatic heterocycles. The largest absolute Gasteiger partial charge is 0.489 e. The van der Waals surface area contributed by atoms with Crippen molar-refractivity contribution in [3.63, 3.8) is 0 Å². The monoisotopic (exact) mass is 286 g/mol. The Balaban J connectivity index is 2.16. The molecule has 2 aromatic rings. The molecule has 2 aromatic carbocycles. The van der Waals surface area contributed by atoms with Gasteiger partial charge in [0.1, 0.15) is 12.4 Å². The van der Waals surface area contributed by atoms with Crippen molar-refractivity contribution in [3.05, 3.63) is 69.3 Å². The van der Waals surface area contributed by atoms with Crippen LogP contribution in [0.3, 0.4) is 0 Å². The van der Waals surface area contributed by atoms with E-state index in [4.69, 9.17) is 10.5 Å². The fraction of sp³-hybridized carbons (Fsp3) is 0.250. The predicted octanol–water partition coefficient (Wildman–Crippen LogP) is 3.50. The Hall–Kier alpha value is -2.40. The second-order valence-corrected chi connectivity index (χ2v) is 5.05. The highest BCUT2D eigenvalue weighted by Gasteiger charge is 2.10. The molecular weight excluding hydrogens is 268 g/mol. The summed E-state index contributed by atoms with van der Waals surface area (Å²) in [5.41, 5.74) is 8.81. The molecule has 0 fully saturated rings. The molecule has 0 amide bonds. The Morgan fingerprint density at radius 3 is 2.71 bits per heavy atom. The summed E-state index contributed by atoms with van der Waals surface area (Å²) >= 11 is 0. The van der Waals surface area contributed by atoms with Gasteiger partial charge in [-0.2, -0.15) is 0 Å². The lowest BCUT2D eigenvalue weighted by Gasteiger charge is -2.15. The van der Waals surface area contributed by atoms with Gasteiger partial charge < -0.3 is 10.5 Å². The van der Waals surface area contributed by atoms with E-state index in [1.54, 1.807) is 12.1 Å². The first kappa shape index (κ1) is 15.0. The molecule has 0 unspecified atom stereocenters. The lowest BCUT2D eigenvalue weighted by atomic mass is 10.1. The van der Waals surface area contributed by atoms with Gasteiger partial charge >= 0.3 is 0 Å². The van der Waals surface area contributed by atoms with Crippen LogP contribution in [0.25, 0.3) is 0 Å². The van der Waals surface area contributed by atoms with Crippen molar-refractivity contribution in [1.29, 1.82) is 0 Å². The third-order valence-corrected chi connectivity index (χ3v) is 3.17. The van der Waals surface area contributed by atoms with Gasteiger partial charge in [0, 0.05) is 23.7 Å². The van der Waals surface area contributed by atoms with Crippen LogP contribution in [0, 0.1) is 17.0 Å². The molecule has 0 bridgehead atoms. The van der Waals surface area contributed by atoms with Crippen molar-refractivity contribution >= 4 is 5.69 Å². The van der Waals surface area contributed by atoms with Gasteiger partial charge in [0.05, 0.1) is 4.92 Å². The van der Waals surface area contributed by atoms with E-state index < -0.39 is 4.92 Å². The number of benzene rings is 2. The topological polar surface area (TPSA) is 78.4 Å². The normalized spacial score (nSPS) is 12.0. The molecule has 1 atom stereocenters. The lowest BCUT2D eigenvalue weighted by molar-refractivity contribution is -0.384. The highest BCUT2D eigenvalue weighted by atomic mass is 16.6.